The van der Waals surface area contributed by atoms with Crippen molar-refractivity contribution in [3.8, 4) is 23.0 Å². The summed E-state index contributed by atoms with van der Waals surface area (Å²) in [5, 5.41) is 0. The predicted molar refractivity (Wildman–Crippen MR) is 167 cm³/mol. The van der Waals surface area contributed by atoms with Crippen LogP contribution in [0.15, 0.2) is 84.9 Å². The van der Waals surface area contributed by atoms with Gasteiger partial charge >= 0.3 is 0 Å². The minimum Gasteiger partial charge on any atom is -0.337 e. The van der Waals surface area contributed by atoms with Crippen molar-refractivity contribution in [2.45, 2.75) is 19.3 Å². The van der Waals surface area contributed by atoms with Gasteiger partial charge in [0.1, 0.15) is 22.8 Å². The number of rotatable bonds is 4. The number of amides is 2. The van der Waals surface area contributed by atoms with Crippen LogP contribution in [-0.4, -0.2) is 77.7 Å². The Balaban J connectivity index is 0.926. The molecule has 10 heteroatoms. The fraction of sp³-hybridized carbons (Fsp3) is 0.235. The summed E-state index contributed by atoms with van der Waals surface area (Å²) in [7, 11) is 0. The van der Waals surface area contributed by atoms with E-state index in [1.807, 2.05) is 82.6 Å². The molecule has 0 aliphatic carbocycles. The monoisotopic (exact) mass is 582 g/mol. The number of carbonyl (C=O) groups is 2. The third-order valence-corrected chi connectivity index (χ3v) is 9.04. The van der Waals surface area contributed by atoms with Crippen molar-refractivity contribution in [3.63, 3.8) is 0 Å². The number of nitrogens with one attached hydrogen (secondary N) is 2. The van der Waals surface area contributed by atoms with Gasteiger partial charge in [-0.3, -0.25) is 9.59 Å². The molecule has 0 saturated carbocycles. The molecule has 218 valence electrons. The molecule has 1 spiro atoms. The number of piperidine rings is 1. The summed E-state index contributed by atoms with van der Waals surface area (Å²) in [5.74, 6) is 1.15. The third-order valence-electron chi connectivity index (χ3n) is 9.04. The molecule has 2 saturated heterocycles. The summed E-state index contributed by atoms with van der Waals surface area (Å²) in [4.78, 5) is 56.0. The van der Waals surface area contributed by atoms with Crippen molar-refractivity contribution < 1.29 is 9.59 Å². The van der Waals surface area contributed by atoms with Crippen molar-refractivity contribution in [3.05, 3.63) is 96.3 Å². The smallest absolute Gasteiger partial charge is 0.272 e. The molecular weight excluding hydrogens is 552 g/mol. The molecule has 6 heterocycles. The lowest BCUT2D eigenvalue weighted by Crippen LogP contribution is -2.45. The second-order valence-corrected chi connectivity index (χ2v) is 11.8. The van der Waals surface area contributed by atoms with E-state index in [9.17, 15) is 9.59 Å². The lowest BCUT2D eigenvalue weighted by Gasteiger charge is -2.39. The van der Waals surface area contributed by atoms with E-state index < -0.39 is 0 Å². The molecule has 2 amide bonds. The maximum absolute atomic E-state index is 13.5. The van der Waals surface area contributed by atoms with Gasteiger partial charge in [0.2, 0.25) is 0 Å². The molecule has 2 aliphatic heterocycles. The van der Waals surface area contributed by atoms with Gasteiger partial charge in [-0.15, -0.1) is 0 Å². The standard InChI is InChI=1S/C34H30N8O2/c43-32(28-13-5-11-26(35-28)30-37-22-7-1-2-8-23(22)38-30)41-18-15-34(16-19-41)17-20-42(21-34)33(44)29-14-6-12-27(36-29)31-39-24-9-3-4-10-25(24)40-31/h1-14H,15-21H2,(H,37,38)(H,39,40). The number of nitrogens with zero attached hydrogens (tertiary/aromatic N) is 6. The SMILES string of the molecule is O=C(c1cccc(-c2nc3ccccc3[nH]2)n1)N1CCC2(CC1)CCN(C(=O)c1cccc(-c3nc4ccccc4[nH]3)n1)C2. The van der Waals surface area contributed by atoms with Crippen LogP contribution in [0.4, 0.5) is 0 Å². The number of fused-ring (bicyclic) bond motifs is 2. The molecule has 2 N–H and O–H groups in total. The Bertz CT molecular complexity index is 1970. The maximum Gasteiger partial charge on any atom is 0.272 e. The summed E-state index contributed by atoms with van der Waals surface area (Å²) in [6, 6.07) is 26.6. The molecule has 8 rings (SSSR count). The Labute approximate surface area is 253 Å². The summed E-state index contributed by atoms with van der Waals surface area (Å²) in [6.07, 6.45) is 2.61. The second-order valence-electron chi connectivity index (χ2n) is 11.8. The van der Waals surface area contributed by atoms with Crippen molar-refractivity contribution in [1.82, 2.24) is 39.7 Å². The summed E-state index contributed by atoms with van der Waals surface area (Å²) in [6.45, 7) is 2.63. The molecule has 6 aromatic rings. The van der Waals surface area contributed by atoms with Gasteiger partial charge in [0.15, 0.2) is 11.6 Å². The minimum absolute atomic E-state index is 0.00629. The first-order valence-electron chi connectivity index (χ1n) is 15.0. The molecule has 0 atom stereocenters. The predicted octanol–water partition coefficient (Wildman–Crippen LogP) is 5.33. The fourth-order valence-electron chi connectivity index (χ4n) is 6.54. The van der Waals surface area contributed by atoms with Crippen molar-refractivity contribution in [1.29, 1.82) is 0 Å². The molecule has 2 aromatic carbocycles. The highest BCUT2D eigenvalue weighted by atomic mass is 16.2. The van der Waals surface area contributed by atoms with E-state index in [1.165, 1.54) is 0 Å². The van der Waals surface area contributed by atoms with Crippen LogP contribution in [0.25, 0.3) is 45.1 Å². The van der Waals surface area contributed by atoms with E-state index in [-0.39, 0.29) is 17.2 Å². The van der Waals surface area contributed by atoms with Gasteiger partial charge in [0, 0.05) is 26.2 Å². The van der Waals surface area contributed by atoms with Crippen LogP contribution < -0.4 is 0 Å². The van der Waals surface area contributed by atoms with E-state index in [0.29, 0.717) is 60.6 Å². The number of aromatic nitrogens is 6. The van der Waals surface area contributed by atoms with Gasteiger partial charge < -0.3 is 19.8 Å². The van der Waals surface area contributed by atoms with E-state index in [0.717, 1.165) is 41.3 Å². The average Bonchev–Trinajstić information content (AvgIpc) is 3.82. The summed E-state index contributed by atoms with van der Waals surface area (Å²) in [5.41, 5.74) is 5.72. The Kier molecular flexibility index (Phi) is 6.21. The van der Waals surface area contributed by atoms with E-state index in [4.69, 9.17) is 0 Å². The summed E-state index contributed by atoms with van der Waals surface area (Å²) >= 11 is 0. The molecule has 0 radical (unpaired) electrons. The highest BCUT2D eigenvalue weighted by Crippen LogP contribution is 2.41. The lowest BCUT2D eigenvalue weighted by molar-refractivity contribution is 0.0560. The largest absolute Gasteiger partial charge is 0.337 e. The quantitative estimate of drug-likeness (QED) is 0.290. The van der Waals surface area contributed by atoms with Gasteiger partial charge in [-0.05, 0) is 73.2 Å². The van der Waals surface area contributed by atoms with Gasteiger partial charge in [0.25, 0.3) is 11.8 Å². The van der Waals surface area contributed by atoms with Crippen molar-refractivity contribution in [2.24, 2.45) is 5.41 Å². The maximum atomic E-state index is 13.5. The number of imidazole rings is 2. The van der Waals surface area contributed by atoms with Gasteiger partial charge in [-0.1, -0.05) is 36.4 Å². The van der Waals surface area contributed by atoms with Gasteiger partial charge in [-0.2, -0.15) is 0 Å². The van der Waals surface area contributed by atoms with Crippen LogP contribution in [0.2, 0.25) is 0 Å². The first-order chi connectivity index (χ1) is 21.5. The number of hydrogen-bond donors (Lipinski definition) is 2. The number of hydrogen-bond acceptors (Lipinski definition) is 6. The van der Waals surface area contributed by atoms with E-state index >= 15 is 0 Å². The molecule has 44 heavy (non-hydrogen) atoms. The molecule has 2 fully saturated rings. The van der Waals surface area contributed by atoms with Crippen LogP contribution in [-0.2, 0) is 0 Å². The average molecular weight is 583 g/mol. The number of carbonyl (C=O) groups excluding carboxylic acids is 2. The molecule has 10 nitrogen and oxygen atoms in total. The van der Waals surface area contributed by atoms with Crippen molar-refractivity contribution in [2.75, 3.05) is 26.2 Å². The fourth-order valence-corrected chi connectivity index (χ4v) is 6.54. The molecule has 0 bridgehead atoms. The first-order valence-corrected chi connectivity index (χ1v) is 15.0. The molecule has 0 unspecified atom stereocenters. The Morgan fingerprint density at radius 1 is 0.568 bits per heavy atom. The van der Waals surface area contributed by atoms with Gasteiger partial charge in [0.05, 0.1) is 22.1 Å². The van der Waals surface area contributed by atoms with Crippen LogP contribution >= 0.6 is 0 Å². The highest BCUT2D eigenvalue weighted by Gasteiger charge is 2.43. The van der Waals surface area contributed by atoms with Crippen LogP contribution in [0.5, 0.6) is 0 Å². The van der Waals surface area contributed by atoms with E-state index in [1.54, 1.807) is 12.1 Å². The van der Waals surface area contributed by atoms with Crippen LogP contribution in [0.1, 0.15) is 40.2 Å². The van der Waals surface area contributed by atoms with Crippen molar-refractivity contribution >= 4 is 33.9 Å². The summed E-state index contributed by atoms with van der Waals surface area (Å²) < 4.78 is 0. The van der Waals surface area contributed by atoms with E-state index in [2.05, 4.69) is 29.9 Å². The normalized spacial score (nSPS) is 16.3. The van der Waals surface area contributed by atoms with Crippen LogP contribution in [0, 0.1) is 5.41 Å². The Morgan fingerprint density at radius 2 is 1.05 bits per heavy atom. The number of benzene rings is 2. The molecule has 4 aromatic heterocycles. The number of aromatic amines is 2. The van der Waals surface area contributed by atoms with Crippen LogP contribution in [0.3, 0.4) is 0 Å². The number of pyridine rings is 2. The Hall–Kier alpha value is -5.38. The zero-order valence-corrected chi connectivity index (χ0v) is 24.0. The lowest BCUT2D eigenvalue weighted by atomic mass is 9.77. The number of para-hydroxylation sites is 4. The first kappa shape index (κ1) is 26.3. The third kappa shape index (κ3) is 4.68. The highest BCUT2D eigenvalue weighted by molar-refractivity contribution is 5.94. The molecular formula is C34H30N8O2. The minimum atomic E-state index is -0.0738. The second kappa shape index (κ2) is 10.4. The zero-order valence-electron chi connectivity index (χ0n) is 24.0. The molecule has 2 aliphatic rings. The van der Waals surface area contributed by atoms with Gasteiger partial charge in [-0.25, -0.2) is 19.9 Å². The number of likely N-dealkylation sites (tertiary alicyclic amines) is 2. The topological polar surface area (TPSA) is 124 Å². The zero-order chi connectivity index (χ0) is 29.7. The number of H-pyrrole nitrogens is 2. The Morgan fingerprint density at radius 3 is 1.57 bits per heavy atom.